The molecule has 0 amide bonds. The zero-order chi connectivity index (χ0) is 13.1. The lowest BCUT2D eigenvalue weighted by molar-refractivity contribution is 0.415. The third-order valence-electron chi connectivity index (χ3n) is 2.90. The molecule has 0 radical (unpaired) electrons. The van der Waals surface area contributed by atoms with Crippen LogP contribution in [0.25, 0.3) is 6.08 Å². The molecule has 0 bridgehead atoms. The highest BCUT2D eigenvalue weighted by molar-refractivity contribution is 6.54. The van der Waals surface area contributed by atoms with Crippen LogP contribution in [0.15, 0.2) is 54.5 Å². The Morgan fingerprint density at radius 1 is 0.947 bits per heavy atom. The molecule has 3 rings (SSSR count). The molecule has 2 aromatic rings. The fraction of sp³-hybridized carbons (Fsp3) is 0.0667. The highest BCUT2D eigenvalue weighted by Crippen LogP contribution is 2.32. The second kappa shape index (κ2) is 5.10. The Morgan fingerprint density at radius 3 is 2.16 bits per heavy atom. The molecule has 1 aliphatic rings. The predicted octanol–water partition coefficient (Wildman–Crippen LogP) is 3.21. The third-order valence-corrected chi connectivity index (χ3v) is 2.90. The van der Waals surface area contributed by atoms with Crippen molar-refractivity contribution in [3.63, 3.8) is 0 Å². The Kier molecular flexibility index (Phi) is 3.15. The number of rotatable bonds is 3. The van der Waals surface area contributed by atoms with E-state index in [9.17, 15) is 0 Å². The summed E-state index contributed by atoms with van der Waals surface area (Å²) in [6, 6.07) is 15.5. The van der Waals surface area contributed by atoms with E-state index in [0.717, 1.165) is 22.8 Å². The summed E-state index contributed by atoms with van der Waals surface area (Å²) >= 11 is 0. The van der Waals surface area contributed by atoms with Crippen molar-refractivity contribution in [1.29, 1.82) is 0 Å². The number of methoxy groups -OCH3 is 1. The number of benzene rings is 2. The number of hydrogen-bond donors (Lipinski definition) is 0. The van der Waals surface area contributed by atoms with Crippen molar-refractivity contribution in [3.05, 3.63) is 60.1 Å². The fourth-order valence-corrected chi connectivity index (χ4v) is 1.90. The Balaban J connectivity index is 1.68. The Labute approximate surface area is 112 Å². The molecular formula is C15H13BO3. The fourth-order valence-electron chi connectivity index (χ4n) is 1.90. The van der Waals surface area contributed by atoms with Gasteiger partial charge in [0.15, 0.2) is 0 Å². The van der Waals surface area contributed by atoms with Crippen molar-refractivity contribution < 1.29 is 14.0 Å². The summed E-state index contributed by atoms with van der Waals surface area (Å²) in [5.74, 6) is 4.30. The van der Waals surface area contributed by atoms with Crippen LogP contribution in [0, 0.1) is 0 Å². The maximum Gasteiger partial charge on any atom is 0.625 e. The lowest BCUT2D eigenvalue weighted by Gasteiger charge is -2.00. The zero-order valence-electron chi connectivity index (χ0n) is 10.6. The average Bonchev–Trinajstić information content (AvgIpc) is 2.88. The summed E-state index contributed by atoms with van der Waals surface area (Å²) in [5, 5.41) is 0. The van der Waals surface area contributed by atoms with E-state index in [0.29, 0.717) is 0 Å². The normalized spacial score (nSPS) is 13.0. The summed E-state index contributed by atoms with van der Waals surface area (Å²) in [5.41, 5.74) is 1.07. The van der Waals surface area contributed by atoms with Crippen molar-refractivity contribution in [1.82, 2.24) is 0 Å². The van der Waals surface area contributed by atoms with Crippen LogP contribution in [-0.4, -0.2) is 14.2 Å². The molecule has 0 atom stereocenters. The molecule has 0 saturated heterocycles. The van der Waals surface area contributed by atoms with Gasteiger partial charge in [-0.3, -0.25) is 0 Å². The van der Waals surface area contributed by atoms with E-state index in [-0.39, 0.29) is 7.12 Å². The Bertz CT molecular complexity index is 568. The molecule has 94 valence electrons. The standard InChI is InChI=1S/C15H13BO3/c1-17-13-8-6-12(7-9-13)10-11-16-18-14-4-2-3-5-15(14)19-16/h2-11H,1H3/b11-10+. The van der Waals surface area contributed by atoms with Crippen LogP contribution in [0.5, 0.6) is 17.2 Å². The summed E-state index contributed by atoms with van der Waals surface area (Å²) in [4.78, 5) is 0. The van der Waals surface area contributed by atoms with Gasteiger partial charge in [-0.25, -0.2) is 0 Å². The molecule has 3 nitrogen and oxygen atoms in total. The first-order valence-electron chi connectivity index (χ1n) is 6.10. The molecule has 0 aromatic heterocycles. The van der Waals surface area contributed by atoms with Gasteiger partial charge < -0.3 is 14.0 Å². The molecule has 0 saturated carbocycles. The first-order valence-corrected chi connectivity index (χ1v) is 6.10. The quantitative estimate of drug-likeness (QED) is 0.785. The molecule has 0 fully saturated rings. The molecule has 0 aliphatic carbocycles. The topological polar surface area (TPSA) is 27.7 Å². The van der Waals surface area contributed by atoms with Gasteiger partial charge in [0.1, 0.15) is 17.2 Å². The van der Waals surface area contributed by atoms with Crippen LogP contribution >= 0.6 is 0 Å². The average molecular weight is 252 g/mol. The van der Waals surface area contributed by atoms with Crippen LogP contribution in [0.3, 0.4) is 0 Å². The summed E-state index contributed by atoms with van der Waals surface area (Å²) in [6.45, 7) is 0. The second-order valence-electron chi connectivity index (χ2n) is 4.18. The number of fused-ring (bicyclic) bond motifs is 1. The monoisotopic (exact) mass is 252 g/mol. The van der Waals surface area contributed by atoms with Crippen LogP contribution in [0.2, 0.25) is 0 Å². The summed E-state index contributed by atoms with van der Waals surface area (Å²) < 4.78 is 16.4. The van der Waals surface area contributed by atoms with Crippen molar-refractivity contribution in [3.8, 4) is 17.2 Å². The van der Waals surface area contributed by atoms with E-state index in [1.54, 1.807) is 7.11 Å². The van der Waals surface area contributed by atoms with Gasteiger partial charge in [0.25, 0.3) is 0 Å². The van der Waals surface area contributed by atoms with E-state index < -0.39 is 0 Å². The Hall–Kier alpha value is -2.36. The van der Waals surface area contributed by atoms with Gasteiger partial charge in [-0.1, -0.05) is 30.3 Å². The molecule has 19 heavy (non-hydrogen) atoms. The third kappa shape index (κ3) is 2.57. The van der Waals surface area contributed by atoms with Crippen molar-refractivity contribution in [2.24, 2.45) is 0 Å². The van der Waals surface area contributed by atoms with E-state index in [1.807, 2.05) is 60.6 Å². The summed E-state index contributed by atoms with van der Waals surface area (Å²) in [7, 11) is 1.29. The largest absolute Gasteiger partial charge is 0.625 e. The first kappa shape index (κ1) is 11.7. The Morgan fingerprint density at radius 2 is 1.58 bits per heavy atom. The lowest BCUT2D eigenvalue weighted by atomic mass is 9.89. The zero-order valence-corrected chi connectivity index (χ0v) is 10.6. The maximum absolute atomic E-state index is 5.64. The predicted molar refractivity (Wildman–Crippen MR) is 75.5 cm³/mol. The maximum atomic E-state index is 5.64. The van der Waals surface area contributed by atoms with Gasteiger partial charge in [0.05, 0.1) is 7.11 Å². The number of hydrogen-bond acceptors (Lipinski definition) is 3. The van der Waals surface area contributed by atoms with Crippen LogP contribution in [0.1, 0.15) is 5.56 Å². The van der Waals surface area contributed by atoms with Gasteiger partial charge in [0.2, 0.25) is 0 Å². The highest BCUT2D eigenvalue weighted by Gasteiger charge is 2.28. The lowest BCUT2D eigenvalue weighted by Crippen LogP contribution is -2.21. The van der Waals surface area contributed by atoms with Gasteiger partial charge in [0, 0.05) is 0 Å². The molecular weight excluding hydrogens is 239 g/mol. The van der Waals surface area contributed by atoms with Gasteiger partial charge in [-0.2, -0.15) is 0 Å². The van der Waals surface area contributed by atoms with E-state index in [4.69, 9.17) is 14.0 Å². The van der Waals surface area contributed by atoms with E-state index in [1.165, 1.54) is 0 Å². The second-order valence-corrected chi connectivity index (χ2v) is 4.18. The minimum atomic E-state index is -0.362. The molecule has 0 spiro atoms. The smallest absolute Gasteiger partial charge is 0.520 e. The molecule has 1 aliphatic heterocycles. The van der Waals surface area contributed by atoms with Crippen LogP contribution in [0.4, 0.5) is 0 Å². The van der Waals surface area contributed by atoms with Crippen molar-refractivity contribution >= 4 is 13.2 Å². The molecule has 2 aromatic carbocycles. The number of para-hydroxylation sites is 2. The molecule has 4 heteroatoms. The summed E-state index contributed by atoms with van der Waals surface area (Å²) in [6.07, 6.45) is 1.97. The SMILES string of the molecule is COc1ccc(/C=C/B2Oc3ccccc3O2)cc1. The molecule has 0 unspecified atom stereocenters. The number of ether oxygens (including phenoxy) is 1. The van der Waals surface area contributed by atoms with Crippen LogP contribution in [-0.2, 0) is 0 Å². The highest BCUT2D eigenvalue weighted by atomic mass is 16.6. The van der Waals surface area contributed by atoms with E-state index >= 15 is 0 Å². The van der Waals surface area contributed by atoms with Crippen LogP contribution < -0.4 is 14.0 Å². The molecule has 0 N–H and O–H groups in total. The van der Waals surface area contributed by atoms with Crippen molar-refractivity contribution in [2.75, 3.05) is 7.11 Å². The molecule has 1 heterocycles. The van der Waals surface area contributed by atoms with Gasteiger partial charge >= 0.3 is 7.12 Å². The minimum Gasteiger partial charge on any atom is -0.520 e. The first-order chi connectivity index (χ1) is 9.35. The van der Waals surface area contributed by atoms with E-state index in [2.05, 4.69) is 0 Å². The van der Waals surface area contributed by atoms with Gasteiger partial charge in [-0.05, 0) is 35.8 Å². The van der Waals surface area contributed by atoms with Crippen molar-refractivity contribution in [2.45, 2.75) is 0 Å². The minimum absolute atomic E-state index is 0.362. The van der Waals surface area contributed by atoms with Gasteiger partial charge in [-0.15, -0.1) is 0 Å².